The van der Waals surface area contributed by atoms with E-state index in [9.17, 15) is 0 Å². The molecule has 0 saturated heterocycles. The lowest BCUT2D eigenvalue weighted by Crippen LogP contribution is -2.48. The summed E-state index contributed by atoms with van der Waals surface area (Å²) in [6, 6.07) is 1.86. The topological polar surface area (TPSA) is 12.0 Å². The smallest absolute Gasteiger partial charge is 0.223 e. The van der Waals surface area contributed by atoms with Crippen LogP contribution in [0.1, 0.15) is 39.0 Å². The van der Waals surface area contributed by atoms with Gasteiger partial charge in [-0.3, -0.25) is 0 Å². The molecule has 0 aromatic rings. The van der Waals surface area contributed by atoms with Crippen molar-refractivity contribution in [3.05, 3.63) is 0 Å². The molecule has 0 heterocycles. The van der Waals surface area contributed by atoms with Crippen molar-refractivity contribution in [1.82, 2.24) is 4.98 Å². The normalized spacial score (nSPS) is 25.2. The maximum atomic E-state index is 6.38. The molecule has 1 nitrogen and oxygen atoms in total. The third-order valence-corrected chi connectivity index (χ3v) is 6.24. The van der Waals surface area contributed by atoms with Crippen molar-refractivity contribution in [2.24, 2.45) is 0 Å². The molecule has 1 atom stereocenters. The van der Waals surface area contributed by atoms with Gasteiger partial charge in [0.2, 0.25) is 7.55 Å². The summed E-state index contributed by atoms with van der Waals surface area (Å²) in [6.45, 7) is 4.40. The Morgan fingerprint density at radius 3 is 2.42 bits per heavy atom. The van der Waals surface area contributed by atoms with Gasteiger partial charge < -0.3 is 4.98 Å². The van der Waals surface area contributed by atoms with Gasteiger partial charge in [-0.05, 0) is 25.4 Å². The zero-order valence-corrected chi connectivity index (χ0v) is 9.95. The number of nitrogens with one attached hydrogen (secondary N) is 1. The van der Waals surface area contributed by atoms with Gasteiger partial charge in [-0.25, -0.2) is 0 Å². The van der Waals surface area contributed by atoms with E-state index in [0.29, 0.717) is 0 Å². The van der Waals surface area contributed by atoms with Crippen molar-refractivity contribution in [2.75, 3.05) is 0 Å². The van der Waals surface area contributed by atoms with Crippen LogP contribution in [0.2, 0.25) is 12.6 Å². The fourth-order valence-electron chi connectivity index (χ4n) is 1.77. The van der Waals surface area contributed by atoms with Gasteiger partial charge in [0.15, 0.2) is 0 Å². The van der Waals surface area contributed by atoms with Crippen LogP contribution >= 0.6 is 11.1 Å². The van der Waals surface area contributed by atoms with Crippen molar-refractivity contribution < 1.29 is 0 Å². The van der Waals surface area contributed by atoms with Gasteiger partial charge in [0.05, 0.1) is 0 Å². The van der Waals surface area contributed by atoms with Crippen LogP contribution in [0.15, 0.2) is 0 Å². The largest absolute Gasteiger partial charge is 0.323 e. The molecule has 1 unspecified atom stereocenters. The van der Waals surface area contributed by atoms with Crippen LogP contribution in [-0.4, -0.2) is 13.6 Å². The van der Waals surface area contributed by atoms with E-state index in [-0.39, 0.29) is 0 Å². The number of hydrogen-bond donors (Lipinski definition) is 1. The maximum Gasteiger partial charge on any atom is 0.223 e. The summed E-state index contributed by atoms with van der Waals surface area (Å²) < 4.78 is 0. The van der Waals surface area contributed by atoms with Gasteiger partial charge in [0.1, 0.15) is 0 Å². The first-order valence-corrected chi connectivity index (χ1v) is 8.82. The quantitative estimate of drug-likeness (QED) is 0.551. The Hall–Kier alpha value is 0.467. The van der Waals surface area contributed by atoms with Gasteiger partial charge >= 0.3 is 0 Å². The molecule has 0 radical (unpaired) electrons. The van der Waals surface area contributed by atoms with E-state index in [0.717, 1.165) is 12.1 Å². The van der Waals surface area contributed by atoms with Gasteiger partial charge in [0.25, 0.3) is 0 Å². The fourth-order valence-corrected chi connectivity index (χ4v) is 3.58. The average molecular weight is 206 g/mol. The minimum absolute atomic E-state index is 0.730. The van der Waals surface area contributed by atoms with Crippen molar-refractivity contribution in [1.29, 1.82) is 0 Å². The van der Waals surface area contributed by atoms with Gasteiger partial charge in [-0.2, -0.15) is 0 Å². The molecule has 1 rings (SSSR count). The second-order valence-electron chi connectivity index (χ2n) is 4.03. The highest BCUT2D eigenvalue weighted by Crippen LogP contribution is 2.21. The molecule has 1 aliphatic carbocycles. The SMILES string of the molecule is CC[Si](C)(Cl)NC1CCCCC1. The van der Waals surface area contributed by atoms with E-state index in [2.05, 4.69) is 18.5 Å². The molecule has 12 heavy (non-hydrogen) atoms. The zero-order valence-electron chi connectivity index (χ0n) is 8.20. The minimum atomic E-state index is -1.54. The second-order valence-corrected chi connectivity index (χ2v) is 9.92. The summed E-state index contributed by atoms with van der Waals surface area (Å²) in [4.78, 5) is 3.65. The molecular weight excluding hydrogens is 186 g/mol. The van der Waals surface area contributed by atoms with Crippen LogP contribution in [0.3, 0.4) is 0 Å². The fraction of sp³-hybridized carbons (Fsp3) is 1.00. The maximum absolute atomic E-state index is 6.38. The third kappa shape index (κ3) is 3.46. The second kappa shape index (κ2) is 4.63. The molecule has 1 saturated carbocycles. The molecule has 1 aliphatic rings. The molecule has 0 amide bonds. The van der Waals surface area contributed by atoms with E-state index in [4.69, 9.17) is 11.1 Å². The summed E-state index contributed by atoms with van der Waals surface area (Å²) in [5, 5.41) is 0. The lowest BCUT2D eigenvalue weighted by molar-refractivity contribution is 0.415. The highest BCUT2D eigenvalue weighted by atomic mass is 35.6. The van der Waals surface area contributed by atoms with Gasteiger partial charge in [-0.15, -0.1) is 11.1 Å². The van der Waals surface area contributed by atoms with E-state index in [1.54, 1.807) is 0 Å². The molecule has 1 fully saturated rings. The molecule has 1 N–H and O–H groups in total. The highest BCUT2D eigenvalue weighted by Gasteiger charge is 2.26. The van der Waals surface area contributed by atoms with Gasteiger partial charge in [-0.1, -0.05) is 26.2 Å². The van der Waals surface area contributed by atoms with Crippen LogP contribution in [0.25, 0.3) is 0 Å². The summed E-state index contributed by atoms with van der Waals surface area (Å²) in [5.74, 6) is 0. The minimum Gasteiger partial charge on any atom is -0.323 e. The van der Waals surface area contributed by atoms with E-state index >= 15 is 0 Å². The van der Waals surface area contributed by atoms with E-state index < -0.39 is 7.55 Å². The first kappa shape index (κ1) is 10.5. The lowest BCUT2D eigenvalue weighted by Gasteiger charge is -2.29. The Morgan fingerprint density at radius 1 is 1.33 bits per heavy atom. The van der Waals surface area contributed by atoms with Crippen LogP contribution < -0.4 is 4.98 Å². The summed E-state index contributed by atoms with van der Waals surface area (Å²) in [7, 11) is -1.54. The van der Waals surface area contributed by atoms with Crippen LogP contribution in [0.4, 0.5) is 0 Å². The first-order valence-electron chi connectivity index (χ1n) is 5.10. The van der Waals surface area contributed by atoms with Crippen LogP contribution in [0, 0.1) is 0 Å². The first-order chi connectivity index (χ1) is 5.64. The zero-order chi connectivity index (χ0) is 9.03. The summed E-state index contributed by atoms with van der Waals surface area (Å²) in [5.41, 5.74) is 0. The predicted molar refractivity (Wildman–Crippen MR) is 58.0 cm³/mol. The van der Waals surface area contributed by atoms with Crippen molar-refractivity contribution >= 4 is 18.6 Å². The molecule has 0 spiro atoms. The molecule has 0 aromatic carbocycles. The van der Waals surface area contributed by atoms with Crippen LogP contribution in [-0.2, 0) is 0 Å². The monoisotopic (exact) mass is 205 g/mol. The predicted octanol–water partition coefficient (Wildman–Crippen LogP) is 3.24. The van der Waals surface area contributed by atoms with Crippen molar-refractivity contribution in [3.63, 3.8) is 0 Å². The summed E-state index contributed by atoms with van der Waals surface area (Å²) >= 11 is 6.38. The van der Waals surface area contributed by atoms with Crippen LogP contribution in [0.5, 0.6) is 0 Å². The Kier molecular flexibility index (Phi) is 4.07. The lowest BCUT2D eigenvalue weighted by atomic mass is 9.96. The average Bonchev–Trinajstić information content (AvgIpc) is 2.06. The molecule has 72 valence electrons. The van der Waals surface area contributed by atoms with E-state index in [1.807, 2.05) is 0 Å². The molecule has 0 bridgehead atoms. The molecular formula is C9H20ClNSi. The Bertz CT molecular complexity index is 132. The third-order valence-electron chi connectivity index (χ3n) is 2.77. The molecule has 0 aromatic heterocycles. The molecule has 3 heteroatoms. The van der Waals surface area contributed by atoms with Crippen molar-refractivity contribution in [3.8, 4) is 0 Å². The number of rotatable bonds is 3. The molecule has 0 aliphatic heterocycles. The standard InChI is InChI=1S/C9H20ClNSi/c1-3-12(2,10)11-9-7-5-4-6-8-9/h9,11H,3-8H2,1-2H3. The Morgan fingerprint density at radius 2 is 1.92 bits per heavy atom. The Labute approximate surface area is 81.7 Å². The number of halogens is 1. The number of hydrogen-bond acceptors (Lipinski definition) is 1. The van der Waals surface area contributed by atoms with E-state index in [1.165, 1.54) is 32.1 Å². The summed E-state index contributed by atoms with van der Waals surface area (Å²) in [6.07, 6.45) is 6.89. The van der Waals surface area contributed by atoms with Gasteiger partial charge in [0, 0.05) is 6.04 Å². The Balaban J connectivity index is 2.28. The van der Waals surface area contributed by atoms with Crippen molar-refractivity contribution in [2.45, 2.75) is 57.7 Å². The highest BCUT2D eigenvalue weighted by molar-refractivity contribution is 7.18.